The van der Waals surface area contributed by atoms with Crippen LogP contribution in [-0.4, -0.2) is 0 Å². The van der Waals surface area contributed by atoms with Gasteiger partial charge < -0.3 is 37.3 Å². The summed E-state index contributed by atoms with van der Waals surface area (Å²) >= 11 is 0. The van der Waals surface area contributed by atoms with Gasteiger partial charge in [-0.25, -0.2) is 0 Å². The zero-order chi connectivity index (χ0) is 98.5. The minimum absolute atomic E-state index is 0.846. The lowest BCUT2D eigenvalue weighted by Gasteiger charge is -2.29. The maximum Gasteiger partial charge on any atom is 0.160 e. The quantitative estimate of drug-likeness (QED) is 0.101. The molecule has 31 aromatic rings. The maximum atomic E-state index is 7.14. The molecule has 0 spiro atoms. The summed E-state index contributed by atoms with van der Waals surface area (Å²) in [6, 6.07) is 192. The van der Waals surface area contributed by atoms with Crippen molar-refractivity contribution in [2.24, 2.45) is 0 Å². The van der Waals surface area contributed by atoms with E-state index >= 15 is 0 Å². The minimum Gasteiger partial charge on any atom is -0.456 e. The molecule has 0 N–H and O–H groups in total. The van der Waals surface area contributed by atoms with Crippen LogP contribution < -0.4 is 19.6 Å². The highest BCUT2D eigenvalue weighted by Crippen LogP contribution is 2.56. The van der Waals surface area contributed by atoms with E-state index in [1.165, 1.54) is 54.0 Å². The summed E-state index contributed by atoms with van der Waals surface area (Å²) in [4.78, 5) is 9.52. The Morgan fingerprint density at radius 3 is 0.740 bits per heavy atom. The van der Waals surface area contributed by atoms with Gasteiger partial charge in [0.05, 0.1) is 34.1 Å². The van der Waals surface area contributed by atoms with Gasteiger partial charge in [-0.05, 0) is 241 Å². The van der Waals surface area contributed by atoms with E-state index in [1.807, 2.05) is 0 Å². The lowest BCUT2D eigenvalue weighted by Crippen LogP contribution is -2.11. The van der Waals surface area contributed by atoms with Crippen LogP contribution in [-0.2, 0) is 0 Å². The molecule has 0 aliphatic carbocycles. The van der Waals surface area contributed by atoms with Crippen molar-refractivity contribution in [3.8, 4) is 33.4 Å². The van der Waals surface area contributed by atoms with E-state index < -0.39 is 0 Å². The molecule has 0 aliphatic rings. The fourth-order valence-electron chi connectivity index (χ4n) is 24.1. The van der Waals surface area contributed by atoms with E-state index in [2.05, 4.69) is 553 Å². The molecule has 27 aromatic carbocycles. The summed E-state index contributed by atoms with van der Waals surface area (Å²) in [6.07, 6.45) is 0. The second-order valence-corrected chi connectivity index (χ2v) is 39.0. The largest absolute Gasteiger partial charge is 0.456 e. The normalized spacial score (nSPS) is 11.9. The van der Waals surface area contributed by atoms with Gasteiger partial charge in [-0.15, -0.1) is 0 Å². The Bertz CT molecular complexity index is 10900. The molecule has 0 saturated heterocycles. The van der Waals surface area contributed by atoms with Crippen LogP contribution >= 0.6 is 0 Å². The molecule has 0 saturated carbocycles. The second-order valence-electron chi connectivity index (χ2n) is 39.0. The van der Waals surface area contributed by atoms with Crippen LogP contribution in [0.2, 0.25) is 0 Å². The lowest BCUT2D eigenvalue weighted by atomic mass is 9.95. The van der Waals surface area contributed by atoms with Crippen molar-refractivity contribution in [2.75, 3.05) is 19.6 Å². The number of rotatable bonds is 15. The van der Waals surface area contributed by atoms with Gasteiger partial charge in [0, 0.05) is 111 Å². The summed E-state index contributed by atoms with van der Waals surface area (Å²) in [5.41, 5.74) is 26.3. The number of furan rings is 4. The Morgan fingerprint density at radius 2 is 0.360 bits per heavy atom. The minimum atomic E-state index is 0.846. The SMILES string of the molecule is c1ccc(-c2ccc(N(c3ccc(-c4ccc(N(c5ccccc5)c5cc6ccccc6c6c5oc5ccc7ccccc7c56)cc4)c4ccccc34)c3cc4ccccc4c4c3oc3ccc5ccccc5c34)cc2)cc1.c1ccc(N(c2ccc(-c3ccc(N(c4ccccc4)c4cc5oc6ccc7ccccc7c6c5c5ccccc45)c4ccccc34)cc2)c2cc3oc4ccc5ccccc5c4c3c3ccccc23)cc1. The van der Waals surface area contributed by atoms with Gasteiger partial charge in [0.25, 0.3) is 0 Å². The van der Waals surface area contributed by atoms with Gasteiger partial charge in [-0.2, -0.15) is 0 Å². The van der Waals surface area contributed by atoms with Crippen LogP contribution in [0.4, 0.5) is 68.2 Å². The highest BCUT2D eigenvalue weighted by Gasteiger charge is 2.31. The van der Waals surface area contributed by atoms with Gasteiger partial charge in [-0.1, -0.05) is 400 Å². The van der Waals surface area contributed by atoms with Crippen LogP contribution in [0.25, 0.3) is 229 Å². The molecule has 4 aromatic heterocycles. The molecule has 0 bridgehead atoms. The first kappa shape index (κ1) is 85.5. The van der Waals surface area contributed by atoms with Crippen LogP contribution in [0.15, 0.2) is 552 Å². The Labute approximate surface area is 862 Å². The van der Waals surface area contributed by atoms with E-state index in [-0.39, 0.29) is 0 Å². The van der Waals surface area contributed by atoms with Gasteiger partial charge >= 0.3 is 0 Å². The van der Waals surface area contributed by atoms with Crippen LogP contribution in [0.1, 0.15) is 0 Å². The summed E-state index contributed by atoms with van der Waals surface area (Å²) in [5, 5.41) is 32.4. The van der Waals surface area contributed by atoms with E-state index in [0.717, 1.165) is 243 Å². The smallest absolute Gasteiger partial charge is 0.160 e. The molecular weight excluding hydrogens is 1830 g/mol. The lowest BCUT2D eigenvalue weighted by molar-refractivity contribution is 0.669. The molecule has 4 heterocycles. The number of anilines is 12. The molecule has 8 heteroatoms. The Hall–Kier alpha value is -20.1. The van der Waals surface area contributed by atoms with Crippen molar-refractivity contribution < 1.29 is 17.7 Å². The monoisotopic (exact) mass is 1910 g/mol. The number of benzene rings is 27. The average Bonchev–Trinajstić information content (AvgIpc) is 1.55. The third kappa shape index (κ3) is 13.8. The third-order valence-corrected chi connectivity index (χ3v) is 30.8. The number of hydrogen-bond acceptors (Lipinski definition) is 8. The van der Waals surface area contributed by atoms with Crippen LogP contribution in [0, 0.1) is 0 Å². The number of para-hydroxylation sites is 3. The molecule has 700 valence electrons. The summed E-state index contributed by atoms with van der Waals surface area (Å²) in [7, 11) is 0. The van der Waals surface area contributed by atoms with Crippen molar-refractivity contribution in [1.29, 1.82) is 0 Å². The molecule has 0 atom stereocenters. The predicted octanol–water partition coefficient (Wildman–Crippen LogP) is 41.4. The zero-order valence-corrected chi connectivity index (χ0v) is 81.2. The standard InChI is InChI=1S/C74H46N2O2.C68H42N2O2/c1-3-17-47(18-4-1)48-31-37-56(38-32-48)76(66-46-53-22-10-14-28-61(53)72-70-59-26-12-8-20-50(59)36-44-68(70)78-74(66)72)64-42-41-57(62-29-15-16-30-63(62)64)51-33-39-55(40-34-51)75(54-23-5-2-6-24-54)65-45-52-21-9-13-27-60(52)71-69-58-25-11-7-19-49(58)35-43-67(69)77-73(65)71;1-3-19-46(20-4-1)69(59-41-63-67(56-29-15-13-27-54(56)59)65-50-23-9-7-17-43(50)33-39-61(65)71-63)48-35-31-45(32-36-48)49-37-38-58(53-26-12-11-25-52(49)53)70(47-21-5-2-6-22-47)60-42-64-68(57-30-16-14-28-55(57)60)66-51-24-10-8-18-44(51)34-40-62(66)72-64/h1-46H;1-42H. The first-order chi connectivity index (χ1) is 74.4. The summed E-state index contributed by atoms with van der Waals surface area (Å²) in [5.74, 6) is 0. The van der Waals surface area contributed by atoms with Crippen molar-refractivity contribution in [1.82, 2.24) is 0 Å². The van der Waals surface area contributed by atoms with Gasteiger partial charge in [0.1, 0.15) is 33.5 Å². The van der Waals surface area contributed by atoms with E-state index in [0.29, 0.717) is 0 Å². The van der Waals surface area contributed by atoms with Gasteiger partial charge in [0.2, 0.25) is 0 Å². The molecule has 0 aliphatic heterocycles. The highest BCUT2D eigenvalue weighted by molar-refractivity contribution is 6.34. The molecule has 0 amide bonds. The molecule has 0 unspecified atom stereocenters. The first-order valence-corrected chi connectivity index (χ1v) is 51.2. The van der Waals surface area contributed by atoms with Crippen molar-refractivity contribution in [2.45, 2.75) is 0 Å². The second kappa shape index (κ2) is 34.9. The topological polar surface area (TPSA) is 65.5 Å². The molecule has 8 nitrogen and oxygen atoms in total. The average molecular weight is 1910 g/mol. The van der Waals surface area contributed by atoms with Crippen molar-refractivity contribution >= 4 is 264 Å². The molecule has 150 heavy (non-hydrogen) atoms. The maximum absolute atomic E-state index is 7.14. The third-order valence-electron chi connectivity index (χ3n) is 30.8. The molecule has 31 rings (SSSR count). The van der Waals surface area contributed by atoms with Crippen LogP contribution in [0.5, 0.6) is 0 Å². The summed E-state index contributed by atoms with van der Waals surface area (Å²) in [6.45, 7) is 0. The van der Waals surface area contributed by atoms with E-state index in [1.54, 1.807) is 0 Å². The predicted molar refractivity (Wildman–Crippen MR) is 632 cm³/mol. The van der Waals surface area contributed by atoms with E-state index in [9.17, 15) is 0 Å². The fraction of sp³-hybridized carbons (Fsp3) is 0. The van der Waals surface area contributed by atoms with Crippen LogP contribution in [0.3, 0.4) is 0 Å². The van der Waals surface area contributed by atoms with Gasteiger partial charge in [-0.3, -0.25) is 0 Å². The zero-order valence-electron chi connectivity index (χ0n) is 81.2. The van der Waals surface area contributed by atoms with Crippen molar-refractivity contribution in [3.05, 3.63) is 534 Å². The highest BCUT2D eigenvalue weighted by atomic mass is 16.3. The fourth-order valence-corrected chi connectivity index (χ4v) is 24.1. The summed E-state index contributed by atoms with van der Waals surface area (Å²) < 4.78 is 27.7. The number of fused-ring (bicyclic) bond motifs is 30. The Morgan fingerprint density at radius 1 is 0.120 bits per heavy atom. The van der Waals surface area contributed by atoms with Gasteiger partial charge in [0.15, 0.2) is 11.2 Å². The first-order valence-electron chi connectivity index (χ1n) is 51.2. The van der Waals surface area contributed by atoms with Crippen molar-refractivity contribution in [3.63, 3.8) is 0 Å². The number of hydrogen-bond donors (Lipinski definition) is 0. The Balaban J connectivity index is 0.000000138. The van der Waals surface area contributed by atoms with E-state index in [4.69, 9.17) is 17.7 Å². The number of nitrogens with zero attached hydrogens (tertiary/aromatic N) is 4. The molecule has 0 fully saturated rings. The Kier molecular flexibility index (Phi) is 19.9. The molecule has 0 radical (unpaired) electrons. The molecular formula is C142H88N4O4.